The summed E-state index contributed by atoms with van der Waals surface area (Å²) in [6.07, 6.45) is 0. The van der Waals surface area contributed by atoms with E-state index in [4.69, 9.17) is 4.74 Å². The summed E-state index contributed by atoms with van der Waals surface area (Å²) in [4.78, 5) is 37.6. The summed E-state index contributed by atoms with van der Waals surface area (Å²) < 4.78 is 32.6. The van der Waals surface area contributed by atoms with Crippen molar-refractivity contribution in [2.45, 2.75) is 12.8 Å². The van der Waals surface area contributed by atoms with Gasteiger partial charge in [-0.2, -0.15) is 5.26 Å². The fraction of sp³-hybridized carbons (Fsp3) is 0.217. The minimum atomic E-state index is -1.46. The first-order valence-corrected chi connectivity index (χ1v) is 10.9. The number of nitrogens with zero attached hydrogens (tertiary/aromatic N) is 1. The number of rotatable bonds is 7. The second-order valence-corrected chi connectivity index (χ2v) is 7.90. The maximum absolute atomic E-state index is 14.6. The smallest absolute Gasteiger partial charge is 0.319 e. The molecule has 2 amide bonds. The molecule has 0 aliphatic carbocycles. The summed E-state index contributed by atoms with van der Waals surface area (Å²) in [7, 11) is 0. The largest absolute Gasteiger partial charge is 0.465 e. The molecule has 2 N–H and O–H groups in total. The maximum atomic E-state index is 14.6. The molecule has 0 aromatic heterocycles. The zero-order chi connectivity index (χ0) is 24.0. The third kappa shape index (κ3) is 5.56. The fourth-order valence-corrected chi connectivity index (χ4v) is 4.20. The first-order chi connectivity index (χ1) is 15.8. The molecule has 3 rings (SSSR count). The number of allylic oxidation sites excluding steroid dienone is 1. The van der Waals surface area contributed by atoms with Gasteiger partial charge in [-0.15, -0.1) is 0 Å². The lowest BCUT2D eigenvalue weighted by atomic mass is 9.78. The average Bonchev–Trinajstić information content (AvgIpc) is 2.79. The van der Waals surface area contributed by atoms with Crippen LogP contribution >= 0.6 is 11.8 Å². The number of ether oxygens (including phenoxy) is 1. The number of hydrogen-bond donors (Lipinski definition) is 2. The van der Waals surface area contributed by atoms with Crippen LogP contribution in [-0.2, 0) is 19.1 Å². The van der Waals surface area contributed by atoms with Gasteiger partial charge in [0.15, 0.2) is 0 Å². The number of anilines is 1. The molecule has 10 heteroatoms. The lowest BCUT2D eigenvalue weighted by Crippen LogP contribution is -2.44. The van der Waals surface area contributed by atoms with Crippen LogP contribution in [0.5, 0.6) is 0 Å². The molecule has 2 aromatic carbocycles. The molecule has 1 heterocycles. The van der Waals surface area contributed by atoms with E-state index in [0.29, 0.717) is 5.69 Å². The lowest BCUT2D eigenvalue weighted by Gasteiger charge is -2.31. The summed E-state index contributed by atoms with van der Waals surface area (Å²) in [5.41, 5.74) is 0.309. The molecule has 170 valence electrons. The summed E-state index contributed by atoms with van der Waals surface area (Å²) >= 11 is 0.860. The monoisotopic (exact) mass is 471 g/mol. The Morgan fingerprint density at radius 2 is 1.88 bits per heavy atom. The Kier molecular flexibility index (Phi) is 7.79. The maximum Gasteiger partial charge on any atom is 0.319 e. The minimum Gasteiger partial charge on any atom is -0.465 e. The molecule has 2 aromatic rings. The fourth-order valence-electron chi connectivity index (χ4n) is 3.36. The van der Waals surface area contributed by atoms with Crippen LogP contribution in [0.4, 0.5) is 14.5 Å². The lowest BCUT2D eigenvalue weighted by molar-refractivity contribution is -0.152. The highest BCUT2D eigenvalue weighted by Gasteiger charge is 2.45. The SMILES string of the molecule is CCOC(=O)[C@H]1C(=O)NC(SCC(=O)Nc2ccc(F)cc2)=C(C#N)[C@@H]1c1ccccc1F. The number of benzene rings is 2. The van der Waals surface area contributed by atoms with Crippen LogP contribution in [0.15, 0.2) is 59.1 Å². The molecule has 0 unspecified atom stereocenters. The molecule has 0 spiro atoms. The van der Waals surface area contributed by atoms with Crippen molar-refractivity contribution in [1.82, 2.24) is 5.32 Å². The van der Waals surface area contributed by atoms with Gasteiger partial charge < -0.3 is 15.4 Å². The molecule has 0 radical (unpaired) electrons. The summed E-state index contributed by atoms with van der Waals surface area (Å²) in [5.74, 6) is -6.13. The Balaban J connectivity index is 1.90. The Labute approximate surface area is 192 Å². The van der Waals surface area contributed by atoms with Crippen LogP contribution < -0.4 is 10.6 Å². The van der Waals surface area contributed by atoms with Crippen molar-refractivity contribution in [3.63, 3.8) is 0 Å². The predicted octanol–water partition coefficient (Wildman–Crippen LogP) is 3.46. The van der Waals surface area contributed by atoms with E-state index in [1.54, 1.807) is 6.92 Å². The number of amides is 2. The molecular weight excluding hydrogens is 452 g/mol. The van der Waals surface area contributed by atoms with Crippen molar-refractivity contribution < 1.29 is 27.9 Å². The van der Waals surface area contributed by atoms with Crippen LogP contribution in [-0.4, -0.2) is 30.1 Å². The van der Waals surface area contributed by atoms with E-state index in [0.717, 1.165) is 11.8 Å². The molecule has 0 bridgehead atoms. The number of thioether (sulfide) groups is 1. The van der Waals surface area contributed by atoms with Gasteiger partial charge in [-0.3, -0.25) is 14.4 Å². The van der Waals surface area contributed by atoms with Crippen molar-refractivity contribution in [2.24, 2.45) is 5.92 Å². The van der Waals surface area contributed by atoms with Crippen molar-refractivity contribution in [3.05, 3.63) is 76.3 Å². The normalized spacial score (nSPS) is 17.7. The number of esters is 1. The predicted molar refractivity (Wildman–Crippen MR) is 118 cm³/mol. The summed E-state index contributed by atoms with van der Waals surface area (Å²) in [6.45, 7) is 1.57. The number of hydrogen-bond acceptors (Lipinski definition) is 6. The molecule has 1 aliphatic rings. The van der Waals surface area contributed by atoms with E-state index in [2.05, 4.69) is 10.6 Å². The van der Waals surface area contributed by atoms with E-state index in [1.165, 1.54) is 48.5 Å². The van der Waals surface area contributed by atoms with Crippen LogP contribution in [0.3, 0.4) is 0 Å². The Bertz CT molecular complexity index is 1150. The van der Waals surface area contributed by atoms with E-state index in [-0.39, 0.29) is 28.5 Å². The Morgan fingerprint density at radius 1 is 1.18 bits per heavy atom. The second-order valence-electron chi connectivity index (χ2n) is 6.92. The molecule has 2 atom stereocenters. The molecular formula is C23H19F2N3O4S. The topological polar surface area (TPSA) is 108 Å². The number of carbonyl (C=O) groups is 3. The van der Waals surface area contributed by atoms with Gasteiger partial charge in [0, 0.05) is 11.6 Å². The van der Waals surface area contributed by atoms with Gasteiger partial charge in [0.05, 0.1) is 29.0 Å². The van der Waals surface area contributed by atoms with Crippen molar-refractivity contribution in [3.8, 4) is 6.07 Å². The highest BCUT2D eigenvalue weighted by Crippen LogP contribution is 2.41. The van der Waals surface area contributed by atoms with E-state index >= 15 is 0 Å². The summed E-state index contributed by atoms with van der Waals surface area (Å²) in [6, 6.07) is 12.7. The van der Waals surface area contributed by atoms with E-state index in [9.17, 15) is 28.4 Å². The van der Waals surface area contributed by atoms with Crippen molar-refractivity contribution >= 4 is 35.2 Å². The van der Waals surface area contributed by atoms with Gasteiger partial charge in [0.2, 0.25) is 11.8 Å². The highest BCUT2D eigenvalue weighted by molar-refractivity contribution is 8.03. The van der Waals surface area contributed by atoms with Gasteiger partial charge in [0.25, 0.3) is 0 Å². The van der Waals surface area contributed by atoms with Gasteiger partial charge >= 0.3 is 5.97 Å². The van der Waals surface area contributed by atoms with Crippen molar-refractivity contribution in [2.75, 3.05) is 17.7 Å². The first-order valence-electron chi connectivity index (χ1n) is 9.90. The van der Waals surface area contributed by atoms with Gasteiger partial charge in [-0.1, -0.05) is 30.0 Å². The Morgan fingerprint density at radius 3 is 2.52 bits per heavy atom. The van der Waals surface area contributed by atoms with Crippen molar-refractivity contribution in [1.29, 1.82) is 5.26 Å². The molecule has 1 aliphatic heterocycles. The standard InChI is InChI=1S/C23H19F2N3O4S/c1-2-32-23(31)20-19(15-5-3-4-6-17(15)25)16(11-26)22(28-21(20)30)33-12-18(29)27-14-9-7-13(24)8-10-14/h3-10,19-20H,2,12H2,1H3,(H,27,29)(H,28,30)/t19-,20+/m0/s1. The zero-order valence-corrected chi connectivity index (χ0v) is 18.2. The highest BCUT2D eigenvalue weighted by atomic mass is 32.2. The van der Waals surface area contributed by atoms with E-state index < -0.39 is 41.3 Å². The van der Waals surface area contributed by atoms with Gasteiger partial charge in [-0.25, -0.2) is 8.78 Å². The average molecular weight is 471 g/mol. The number of nitrogens with one attached hydrogen (secondary N) is 2. The van der Waals surface area contributed by atoms with Gasteiger partial charge in [0.1, 0.15) is 17.6 Å². The summed E-state index contributed by atoms with van der Waals surface area (Å²) in [5, 5.41) is 14.9. The number of nitriles is 1. The van der Waals surface area contributed by atoms with Crippen LogP contribution in [0, 0.1) is 28.9 Å². The van der Waals surface area contributed by atoms with Crippen LogP contribution in [0.25, 0.3) is 0 Å². The minimum absolute atomic E-state index is 0.00334. The third-order valence-corrected chi connectivity index (χ3v) is 5.80. The van der Waals surface area contributed by atoms with Gasteiger partial charge in [-0.05, 0) is 42.8 Å². The van der Waals surface area contributed by atoms with Crippen LogP contribution in [0.2, 0.25) is 0 Å². The molecule has 0 fully saturated rings. The molecule has 7 nitrogen and oxygen atoms in total. The quantitative estimate of drug-likeness (QED) is 0.473. The number of halogens is 2. The first kappa shape index (κ1) is 23.9. The van der Waals surface area contributed by atoms with E-state index in [1.807, 2.05) is 6.07 Å². The third-order valence-electron chi connectivity index (χ3n) is 4.79. The van der Waals surface area contributed by atoms with Crippen LogP contribution in [0.1, 0.15) is 18.4 Å². The second kappa shape index (κ2) is 10.7. The molecule has 0 saturated heterocycles. The zero-order valence-electron chi connectivity index (χ0n) is 17.4. The Hall–Kier alpha value is -3.71. The molecule has 0 saturated carbocycles. The number of carbonyl (C=O) groups excluding carboxylic acids is 3. The molecule has 33 heavy (non-hydrogen) atoms.